The number of esters is 1. The molecule has 1 fully saturated rings. The number of carbonyl (C=O) groups is 1. The number of carbonyl (C=O) groups excluding carboxylic acids is 1. The van der Waals surface area contributed by atoms with Crippen LogP contribution in [0.1, 0.15) is 47.5 Å². The number of phenolic OH excluding ortho intramolecular Hbond substituents is 2. The summed E-state index contributed by atoms with van der Waals surface area (Å²) in [6.07, 6.45) is 8.52. The highest BCUT2D eigenvalue weighted by Crippen LogP contribution is 2.40. The van der Waals surface area contributed by atoms with E-state index in [0.29, 0.717) is 24.3 Å². The summed E-state index contributed by atoms with van der Waals surface area (Å²) in [5, 5.41) is 18.7. The zero-order valence-electron chi connectivity index (χ0n) is 13.8. The van der Waals surface area contributed by atoms with Gasteiger partial charge in [-0.25, -0.2) is 4.79 Å². The van der Waals surface area contributed by atoms with Crippen LogP contribution in [0.3, 0.4) is 0 Å². The van der Waals surface area contributed by atoms with Crippen molar-refractivity contribution in [1.29, 1.82) is 0 Å². The number of benzene rings is 2. The van der Waals surface area contributed by atoms with Gasteiger partial charge in [-0.2, -0.15) is 0 Å². The average molecular weight is 336 g/mol. The molecular formula is C21H20O4. The summed E-state index contributed by atoms with van der Waals surface area (Å²) in [5.41, 5.74) is 0.643. The molecule has 0 saturated heterocycles. The fourth-order valence-corrected chi connectivity index (χ4v) is 3.27. The Morgan fingerprint density at radius 3 is 2.04 bits per heavy atom. The molecule has 3 rings (SSSR count). The number of ether oxygens (including phenoxy) is 1. The maximum Gasteiger partial charge on any atom is 0.339 e. The van der Waals surface area contributed by atoms with E-state index >= 15 is 0 Å². The first kappa shape index (κ1) is 16.9. The second-order valence-corrected chi connectivity index (χ2v) is 6.44. The molecule has 4 nitrogen and oxygen atoms in total. The highest BCUT2D eigenvalue weighted by atomic mass is 16.6. The smallest absolute Gasteiger partial charge is 0.339 e. The van der Waals surface area contributed by atoms with Crippen molar-refractivity contribution in [3.05, 3.63) is 59.7 Å². The monoisotopic (exact) mass is 336 g/mol. The van der Waals surface area contributed by atoms with Gasteiger partial charge >= 0.3 is 5.97 Å². The SMILES string of the molecule is C#CC1(OC(=O)c2ccc(O)cc2)CCC(c2ccc(O)cc2)CC1. The van der Waals surface area contributed by atoms with Gasteiger partial charge in [0.1, 0.15) is 11.5 Å². The first-order valence-corrected chi connectivity index (χ1v) is 8.30. The second-order valence-electron chi connectivity index (χ2n) is 6.44. The van der Waals surface area contributed by atoms with E-state index in [9.17, 15) is 15.0 Å². The standard InChI is InChI=1S/C21H20O4/c1-2-21(25-20(24)17-5-9-19(23)10-6-17)13-11-16(12-14-21)15-3-7-18(22)8-4-15/h1,3-10,16,22-23H,11-14H2. The van der Waals surface area contributed by atoms with Gasteiger partial charge in [-0.3, -0.25) is 0 Å². The Bertz CT molecular complexity index is 776. The minimum atomic E-state index is -0.887. The molecule has 2 N–H and O–H groups in total. The van der Waals surface area contributed by atoms with E-state index in [1.807, 2.05) is 12.1 Å². The Morgan fingerprint density at radius 2 is 1.52 bits per heavy atom. The zero-order valence-corrected chi connectivity index (χ0v) is 13.8. The van der Waals surface area contributed by atoms with Crippen LogP contribution < -0.4 is 0 Å². The lowest BCUT2D eigenvalue weighted by molar-refractivity contribution is -0.00892. The number of hydrogen-bond acceptors (Lipinski definition) is 4. The molecule has 0 radical (unpaired) electrons. The van der Waals surface area contributed by atoms with Crippen LogP contribution >= 0.6 is 0 Å². The molecule has 128 valence electrons. The number of hydrogen-bond donors (Lipinski definition) is 2. The molecule has 4 heteroatoms. The van der Waals surface area contributed by atoms with Gasteiger partial charge in [0, 0.05) is 0 Å². The van der Waals surface area contributed by atoms with Gasteiger partial charge < -0.3 is 14.9 Å². The molecule has 1 aliphatic rings. The summed E-state index contributed by atoms with van der Waals surface area (Å²) in [4.78, 5) is 12.4. The van der Waals surface area contributed by atoms with Crippen LogP contribution in [0.2, 0.25) is 0 Å². The Kier molecular flexibility index (Phi) is 4.67. The number of aromatic hydroxyl groups is 2. The number of rotatable bonds is 3. The van der Waals surface area contributed by atoms with E-state index in [4.69, 9.17) is 11.2 Å². The van der Waals surface area contributed by atoms with Crippen molar-refractivity contribution in [3.8, 4) is 23.8 Å². The van der Waals surface area contributed by atoms with Crippen molar-refractivity contribution < 1.29 is 19.7 Å². The van der Waals surface area contributed by atoms with Crippen LogP contribution in [-0.2, 0) is 4.74 Å². The Balaban J connectivity index is 1.67. The lowest BCUT2D eigenvalue weighted by Gasteiger charge is -2.36. The van der Waals surface area contributed by atoms with Gasteiger partial charge in [0.2, 0.25) is 0 Å². The first-order chi connectivity index (χ1) is 12.0. The number of terminal acetylenes is 1. The third-order valence-electron chi connectivity index (χ3n) is 4.81. The Hall–Kier alpha value is -2.93. The van der Waals surface area contributed by atoms with E-state index < -0.39 is 11.6 Å². The van der Waals surface area contributed by atoms with Gasteiger partial charge in [-0.1, -0.05) is 18.1 Å². The molecule has 2 aromatic rings. The Morgan fingerprint density at radius 1 is 1.00 bits per heavy atom. The lowest BCUT2D eigenvalue weighted by Crippen LogP contribution is -2.37. The molecule has 0 amide bonds. The van der Waals surface area contributed by atoms with Crippen LogP contribution in [-0.4, -0.2) is 21.8 Å². The zero-order chi connectivity index (χ0) is 17.9. The first-order valence-electron chi connectivity index (χ1n) is 8.30. The molecule has 0 aliphatic heterocycles. The molecule has 0 heterocycles. The minimum Gasteiger partial charge on any atom is -0.508 e. The van der Waals surface area contributed by atoms with Crippen molar-refractivity contribution in [2.45, 2.75) is 37.2 Å². The minimum absolute atomic E-state index is 0.0950. The van der Waals surface area contributed by atoms with Crippen LogP contribution in [0.15, 0.2) is 48.5 Å². The highest BCUT2D eigenvalue weighted by Gasteiger charge is 2.37. The van der Waals surface area contributed by atoms with E-state index in [-0.39, 0.29) is 11.5 Å². The van der Waals surface area contributed by atoms with Crippen LogP contribution in [0.4, 0.5) is 0 Å². The predicted molar refractivity (Wildman–Crippen MR) is 94.4 cm³/mol. The Labute approximate surface area is 147 Å². The van der Waals surface area contributed by atoms with Crippen molar-refractivity contribution in [2.75, 3.05) is 0 Å². The fourth-order valence-electron chi connectivity index (χ4n) is 3.27. The van der Waals surface area contributed by atoms with Gasteiger partial charge in [0.25, 0.3) is 0 Å². The maximum absolute atomic E-state index is 12.4. The van der Waals surface area contributed by atoms with Crippen molar-refractivity contribution in [2.24, 2.45) is 0 Å². The highest BCUT2D eigenvalue weighted by molar-refractivity contribution is 5.90. The molecule has 1 aliphatic carbocycles. The van der Waals surface area contributed by atoms with Crippen molar-refractivity contribution in [3.63, 3.8) is 0 Å². The molecule has 0 unspecified atom stereocenters. The second kappa shape index (κ2) is 6.90. The largest absolute Gasteiger partial charge is 0.508 e. The van der Waals surface area contributed by atoms with Gasteiger partial charge in [-0.15, -0.1) is 6.42 Å². The van der Waals surface area contributed by atoms with E-state index in [1.54, 1.807) is 12.1 Å². The topological polar surface area (TPSA) is 66.8 Å². The summed E-state index contributed by atoms with van der Waals surface area (Å²) >= 11 is 0. The summed E-state index contributed by atoms with van der Waals surface area (Å²) in [7, 11) is 0. The molecule has 0 atom stereocenters. The summed E-state index contributed by atoms with van der Waals surface area (Å²) in [6.45, 7) is 0. The quantitative estimate of drug-likeness (QED) is 0.657. The van der Waals surface area contributed by atoms with E-state index in [1.165, 1.54) is 24.3 Å². The molecule has 1 saturated carbocycles. The molecule has 0 aromatic heterocycles. The van der Waals surface area contributed by atoms with E-state index in [2.05, 4.69) is 5.92 Å². The van der Waals surface area contributed by atoms with Crippen LogP contribution in [0, 0.1) is 12.3 Å². The number of phenols is 2. The van der Waals surface area contributed by atoms with Gasteiger partial charge in [0.15, 0.2) is 5.60 Å². The normalized spacial score (nSPS) is 22.8. The van der Waals surface area contributed by atoms with Crippen molar-refractivity contribution in [1.82, 2.24) is 0 Å². The molecular weight excluding hydrogens is 316 g/mol. The molecule has 25 heavy (non-hydrogen) atoms. The summed E-state index contributed by atoms with van der Waals surface area (Å²) < 4.78 is 5.66. The fraction of sp³-hybridized carbons (Fsp3) is 0.286. The van der Waals surface area contributed by atoms with Gasteiger partial charge in [-0.05, 0) is 73.6 Å². The molecule has 2 aromatic carbocycles. The third-order valence-corrected chi connectivity index (χ3v) is 4.81. The van der Waals surface area contributed by atoms with Crippen molar-refractivity contribution >= 4 is 5.97 Å². The third kappa shape index (κ3) is 3.77. The summed E-state index contributed by atoms with van der Waals surface area (Å²) in [6, 6.07) is 13.1. The summed E-state index contributed by atoms with van der Waals surface area (Å²) in [5.74, 6) is 2.89. The maximum atomic E-state index is 12.4. The predicted octanol–water partition coefficient (Wildman–Crippen LogP) is 3.98. The van der Waals surface area contributed by atoms with Crippen LogP contribution in [0.5, 0.6) is 11.5 Å². The lowest BCUT2D eigenvalue weighted by atomic mass is 9.76. The van der Waals surface area contributed by atoms with E-state index in [0.717, 1.165) is 18.4 Å². The molecule has 0 bridgehead atoms. The average Bonchev–Trinajstić information content (AvgIpc) is 2.63. The van der Waals surface area contributed by atoms with Gasteiger partial charge in [0.05, 0.1) is 5.56 Å². The molecule has 0 spiro atoms. The van der Waals surface area contributed by atoms with Crippen LogP contribution in [0.25, 0.3) is 0 Å².